The number of pyridine rings is 1. The second-order valence-electron chi connectivity index (χ2n) is 9.06. The summed E-state index contributed by atoms with van der Waals surface area (Å²) in [5, 5.41) is 12.7. The van der Waals surface area contributed by atoms with Gasteiger partial charge in [-0.15, -0.1) is 0 Å². The number of aromatic nitrogens is 3. The minimum atomic E-state index is 0.345. The van der Waals surface area contributed by atoms with Crippen molar-refractivity contribution in [3.05, 3.63) is 72.3 Å². The summed E-state index contributed by atoms with van der Waals surface area (Å²) < 4.78 is 17.5. The summed E-state index contributed by atoms with van der Waals surface area (Å²) in [6.07, 6.45) is 8.53. The Bertz CT molecular complexity index is 1400. The maximum atomic E-state index is 9.29. The Hall–Kier alpha value is -4.08. The van der Waals surface area contributed by atoms with Crippen LogP contribution in [0.25, 0.3) is 33.8 Å². The number of hydrogen-bond donors (Lipinski definition) is 1. The van der Waals surface area contributed by atoms with E-state index in [0.29, 0.717) is 18.4 Å². The van der Waals surface area contributed by atoms with Crippen molar-refractivity contribution < 1.29 is 19.1 Å². The van der Waals surface area contributed by atoms with E-state index < -0.39 is 0 Å². The minimum Gasteiger partial charge on any atom is -0.462 e. The van der Waals surface area contributed by atoms with Crippen LogP contribution in [0.15, 0.2) is 70.8 Å². The lowest BCUT2D eigenvalue weighted by Gasteiger charge is -2.26. The zero-order valence-electron chi connectivity index (χ0n) is 20.3. The molecule has 1 aromatic carbocycles. The predicted molar refractivity (Wildman–Crippen MR) is 138 cm³/mol. The molecule has 2 aliphatic rings. The number of hydrogen-bond acceptors (Lipinski definition) is 9. The monoisotopic (exact) mass is 497 g/mol. The van der Waals surface area contributed by atoms with E-state index in [1.54, 1.807) is 24.8 Å². The molecule has 9 nitrogen and oxygen atoms in total. The fourth-order valence-corrected chi connectivity index (χ4v) is 4.82. The first-order chi connectivity index (χ1) is 18.3. The first-order valence-corrected chi connectivity index (χ1v) is 12.4. The van der Waals surface area contributed by atoms with E-state index in [-0.39, 0.29) is 0 Å². The zero-order chi connectivity index (χ0) is 25.0. The van der Waals surface area contributed by atoms with Gasteiger partial charge in [0.25, 0.3) is 0 Å². The van der Waals surface area contributed by atoms with Gasteiger partial charge in [-0.05, 0) is 42.2 Å². The third kappa shape index (κ3) is 4.96. The maximum Gasteiger partial charge on any atom is 0.316 e. The van der Waals surface area contributed by atoms with Gasteiger partial charge < -0.3 is 19.1 Å². The molecule has 0 spiro atoms. The lowest BCUT2D eigenvalue weighted by molar-refractivity contribution is 0.0317. The van der Waals surface area contributed by atoms with E-state index in [9.17, 15) is 5.21 Å². The highest BCUT2D eigenvalue weighted by molar-refractivity contribution is 6.04. The van der Waals surface area contributed by atoms with Gasteiger partial charge >= 0.3 is 6.01 Å². The zero-order valence-corrected chi connectivity index (χ0v) is 20.3. The summed E-state index contributed by atoms with van der Waals surface area (Å²) in [5.74, 6) is 1.41. The molecule has 0 unspecified atom stereocenters. The molecular weight excluding hydrogens is 470 g/mol. The van der Waals surface area contributed by atoms with Crippen molar-refractivity contribution in [2.75, 3.05) is 39.5 Å². The molecule has 4 aromatic rings. The van der Waals surface area contributed by atoms with Crippen LogP contribution in [0.3, 0.4) is 0 Å². The lowest BCUT2D eigenvalue weighted by Crippen LogP contribution is -2.38. The van der Waals surface area contributed by atoms with Gasteiger partial charge in [-0.3, -0.25) is 9.88 Å². The Morgan fingerprint density at radius 1 is 0.919 bits per heavy atom. The van der Waals surface area contributed by atoms with E-state index in [1.807, 2.05) is 30.3 Å². The van der Waals surface area contributed by atoms with Gasteiger partial charge in [0.15, 0.2) is 0 Å². The van der Waals surface area contributed by atoms with E-state index in [4.69, 9.17) is 13.9 Å². The summed E-state index contributed by atoms with van der Waals surface area (Å²) in [5.41, 5.74) is 6.58. The number of oxime groups is 1. The molecule has 188 valence electrons. The molecule has 1 aliphatic heterocycles. The van der Waals surface area contributed by atoms with Crippen molar-refractivity contribution in [2.24, 2.45) is 5.16 Å². The average Bonchev–Trinajstić information content (AvgIpc) is 3.59. The van der Waals surface area contributed by atoms with Crippen molar-refractivity contribution in [3.63, 3.8) is 0 Å². The molecule has 9 heteroatoms. The van der Waals surface area contributed by atoms with Crippen LogP contribution in [0.4, 0.5) is 0 Å². The van der Waals surface area contributed by atoms with Crippen LogP contribution < -0.4 is 4.74 Å². The number of benzene rings is 1. The molecule has 0 atom stereocenters. The number of rotatable bonds is 7. The Kier molecular flexibility index (Phi) is 6.62. The lowest BCUT2D eigenvalue weighted by atomic mass is 9.98. The number of furan rings is 1. The summed E-state index contributed by atoms with van der Waals surface area (Å²) in [7, 11) is 0. The second kappa shape index (κ2) is 10.5. The van der Waals surface area contributed by atoms with Gasteiger partial charge in [0.2, 0.25) is 0 Å². The Labute approximate surface area is 214 Å². The molecule has 37 heavy (non-hydrogen) atoms. The number of nitrogens with zero attached hydrogens (tertiary/aromatic N) is 5. The topological polar surface area (TPSA) is 106 Å². The van der Waals surface area contributed by atoms with Gasteiger partial charge in [0.1, 0.15) is 18.1 Å². The fourth-order valence-electron chi connectivity index (χ4n) is 4.82. The van der Waals surface area contributed by atoms with Crippen molar-refractivity contribution in [1.29, 1.82) is 0 Å². The SMILES string of the molecule is ON=C1CCc2cc(-c3cc(-c4cnc(OCCN5CCOCC5)nc4)oc3-c3ccncc3)ccc21. The molecule has 6 rings (SSSR count). The molecule has 1 N–H and O–H groups in total. The van der Waals surface area contributed by atoms with Gasteiger partial charge in [-0.1, -0.05) is 23.4 Å². The molecule has 0 saturated carbocycles. The Morgan fingerprint density at radius 2 is 1.73 bits per heavy atom. The standard InChI is InChI=1S/C28H27N5O4/c34-32-25-4-2-20-15-21(1-3-23(20)25)24-16-26(37-27(24)19-5-7-29-8-6-19)22-17-30-28(31-18-22)36-14-11-33-9-12-35-13-10-33/h1,3,5-8,15-18,34H,2,4,9-14H2. The van der Waals surface area contributed by atoms with Crippen molar-refractivity contribution in [2.45, 2.75) is 12.8 Å². The molecular formula is C28H27N5O4. The highest BCUT2D eigenvalue weighted by Crippen LogP contribution is 2.40. The molecule has 1 fully saturated rings. The molecule has 0 amide bonds. The Morgan fingerprint density at radius 3 is 2.51 bits per heavy atom. The van der Waals surface area contributed by atoms with Gasteiger partial charge in [0, 0.05) is 61.1 Å². The number of fused-ring (bicyclic) bond motifs is 1. The van der Waals surface area contributed by atoms with Crippen molar-refractivity contribution >= 4 is 5.71 Å². The number of ether oxygens (including phenoxy) is 2. The normalized spacial score (nSPS) is 16.7. The summed E-state index contributed by atoms with van der Waals surface area (Å²) >= 11 is 0. The summed E-state index contributed by atoms with van der Waals surface area (Å²) in [6, 6.07) is 12.4. The number of aryl methyl sites for hydroxylation is 1. The van der Waals surface area contributed by atoms with Crippen LogP contribution in [-0.2, 0) is 11.2 Å². The van der Waals surface area contributed by atoms with Crippen LogP contribution in [-0.4, -0.2) is 70.2 Å². The first kappa shape index (κ1) is 23.3. The maximum absolute atomic E-state index is 9.29. The highest BCUT2D eigenvalue weighted by Gasteiger charge is 2.22. The van der Waals surface area contributed by atoms with Crippen LogP contribution in [0.2, 0.25) is 0 Å². The average molecular weight is 498 g/mol. The predicted octanol–water partition coefficient (Wildman–Crippen LogP) is 4.30. The fraction of sp³-hybridized carbons (Fsp3) is 0.286. The molecule has 1 saturated heterocycles. The van der Waals surface area contributed by atoms with Crippen LogP contribution in [0.5, 0.6) is 6.01 Å². The summed E-state index contributed by atoms with van der Waals surface area (Å²) in [4.78, 5) is 15.3. The van der Waals surface area contributed by atoms with E-state index >= 15 is 0 Å². The highest BCUT2D eigenvalue weighted by atomic mass is 16.5. The van der Waals surface area contributed by atoms with E-state index in [1.165, 1.54) is 0 Å². The molecule has 4 heterocycles. The first-order valence-electron chi connectivity index (χ1n) is 12.4. The quantitative estimate of drug-likeness (QED) is 0.298. The van der Waals surface area contributed by atoms with E-state index in [2.05, 4.69) is 31.1 Å². The van der Waals surface area contributed by atoms with Crippen molar-refractivity contribution in [1.82, 2.24) is 19.9 Å². The van der Waals surface area contributed by atoms with Crippen LogP contribution in [0.1, 0.15) is 17.5 Å². The smallest absolute Gasteiger partial charge is 0.316 e. The third-order valence-corrected chi connectivity index (χ3v) is 6.81. The minimum absolute atomic E-state index is 0.345. The third-order valence-electron chi connectivity index (χ3n) is 6.81. The largest absolute Gasteiger partial charge is 0.462 e. The second-order valence-corrected chi connectivity index (χ2v) is 9.06. The summed E-state index contributed by atoms with van der Waals surface area (Å²) in [6.45, 7) is 4.71. The molecule has 0 bridgehead atoms. The molecule has 1 aliphatic carbocycles. The van der Waals surface area contributed by atoms with Crippen LogP contribution in [0, 0.1) is 0 Å². The molecule has 3 aromatic heterocycles. The van der Waals surface area contributed by atoms with E-state index in [0.717, 1.165) is 90.5 Å². The number of morpholine rings is 1. The van der Waals surface area contributed by atoms with Gasteiger partial charge in [0.05, 0.1) is 24.5 Å². The molecule has 0 radical (unpaired) electrons. The van der Waals surface area contributed by atoms with Gasteiger partial charge in [-0.25, -0.2) is 9.97 Å². The Balaban J connectivity index is 1.26. The van der Waals surface area contributed by atoms with Crippen LogP contribution >= 0.6 is 0 Å². The van der Waals surface area contributed by atoms with Gasteiger partial charge in [-0.2, -0.15) is 0 Å². The van der Waals surface area contributed by atoms with Crippen molar-refractivity contribution in [3.8, 4) is 39.8 Å².